The summed E-state index contributed by atoms with van der Waals surface area (Å²) in [5.74, 6) is 0. The van der Waals surface area contributed by atoms with E-state index in [4.69, 9.17) is 19.4 Å². The average molecular weight is 179 g/mol. The SMILES string of the molecule is [CH2]CC.[Cl][Zn][Cl]. The first-order valence-electron chi connectivity index (χ1n) is 1.74. The Morgan fingerprint density at radius 1 is 1.67 bits per heavy atom. The van der Waals surface area contributed by atoms with Crippen LogP contribution in [0.4, 0.5) is 0 Å². The van der Waals surface area contributed by atoms with Crippen molar-refractivity contribution in [3.63, 3.8) is 0 Å². The summed E-state index contributed by atoms with van der Waals surface area (Å²) in [7, 11) is 9.90. The molecule has 0 heterocycles. The quantitative estimate of drug-likeness (QED) is 0.502. The normalized spacial score (nSPS) is 4.67. The van der Waals surface area contributed by atoms with Crippen LogP contribution < -0.4 is 0 Å². The second-order valence-electron chi connectivity index (χ2n) is 0.601. The van der Waals surface area contributed by atoms with Crippen LogP contribution in [0.5, 0.6) is 0 Å². The maximum absolute atomic E-state index is 4.95. The predicted octanol–water partition coefficient (Wildman–Crippen LogP) is 2.61. The van der Waals surface area contributed by atoms with Gasteiger partial charge < -0.3 is 0 Å². The van der Waals surface area contributed by atoms with E-state index < -0.39 is 15.1 Å². The molecule has 0 aromatic heterocycles. The zero-order valence-corrected chi connectivity index (χ0v) is 8.36. The minimum atomic E-state index is -0.931. The van der Waals surface area contributed by atoms with Gasteiger partial charge in [0.1, 0.15) is 0 Å². The van der Waals surface area contributed by atoms with Gasteiger partial charge in [-0.25, -0.2) is 0 Å². The summed E-state index contributed by atoms with van der Waals surface area (Å²) < 4.78 is 0. The van der Waals surface area contributed by atoms with Crippen molar-refractivity contribution < 1.29 is 15.1 Å². The number of halogens is 2. The maximum atomic E-state index is 4.95. The Morgan fingerprint density at radius 2 is 1.67 bits per heavy atom. The monoisotopic (exact) mass is 177 g/mol. The van der Waals surface area contributed by atoms with Crippen molar-refractivity contribution in [2.75, 3.05) is 0 Å². The van der Waals surface area contributed by atoms with E-state index in [2.05, 4.69) is 6.92 Å². The molecule has 0 bridgehead atoms. The molecule has 0 atom stereocenters. The minimum absolute atomic E-state index is 0.931. The molecule has 1 radical (unpaired) electrons. The van der Waals surface area contributed by atoms with Gasteiger partial charge in [0.2, 0.25) is 0 Å². The molecule has 0 fully saturated rings. The van der Waals surface area contributed by atoms with Crippen LogP contribution in [0, 0.1) is 6.92 Å². The van der Waals surface area contributed by atoms with Crippen LogP contribution in [0.2, 0.25) is 0 Å². The molecule has 0 unspecified atom stereocenters. The van der Waals surface area contributed by atoms with E-state index in [1.54, 1.807) is 0 Å². The predicted molar refractivity (Wildman–Crippen MR) is 27.4 cm³/mol. The zero-order valence-electron chi connectivity index (χ0n) is 3.88. The number of hydrogen-bond donors (Lipinski definition) is 0. The van der Waals surface area contributed by atoms with E-state index in [1.165, 1.54) is 0 Å². The fourth-order valence-corrected chi connectivity index (χ4v) is 0. The van der Waals surface area contributed by atoms with E-state index in [-0.39, 0.29) is 0 Å². The molecule has 3 heteroatoms. The fourth-order valence-electron chi connectivity index (χ4n) is 0. The van der Waals surface area contributed by atoms with Crippen molar-refractivity contribution in [1.29, 1.82) is 0 Å². The van der Waals surface area contributed by atoms with Gasteiger partial charge in [-0.1, -0.05) is 20.3 Å². The molecule has 0 rings (SSSR count). The third-order valence-electron chi connectivity index (χ3n) is 0. The first-order chi connectivity index (χ1) is 2.83. The molecule has 0 saturated carbocycles. The summed E-state index contributed by atoms with van der Waals surface area (Å²) in [4.78, 5) is 0. The Hall–Kier alpha value is 1.20. The van der Waals surface area contributed by atoms with E-state index >= 15 is 0 Å². The Labute approximate surface area is 54.9 Å². The number of hydrogen-bond acceptors (Lipinski definition) is 0. The van der Waals surface area contributed by atoms with Crippen molar-refractivity contribution in [3.8, 4) is 0 Å². The molecule has 0 N–H and O–H groups in total. The van der Waals surface area contributed by atoms with Gasteiger partial charge >= 0.3 is 34.5 Å². The van der Waals surface area contributed by atoms with E-state index in [1.807, 2.05) is 6.92 Å². The molecule has 0 saturated heterocycles. The molecule has 0 aliphatic carbocycles. The molecule has 0 aliphatic rings. The van der Waals surface area contributed by atoms with Crippen LogP contribution in [0.3, 0.4) is 0 Å². The third kappa shape index (κ3) is 63.5. The van der Waals surface area contributed by atoms with Gasteiger partial charge in [0.15, 0.2) is 0 Å². The van der Waals surface area contributed by atoms with Gasteiger partial charge in [-0.05, 0) is 0 Å². The molecule has 0 aliphatic heterocycles. The third-order valence-corrected chi connectivity index (χ3v) is 0. The summed E-state index contributed by atoms with van der Waals surface area (Å²) in [6.45, 7) is 5.50. The van der Waals surface area contributed by atoms with Crippen LogP contribution in [0.25, 0.3) is 0 Å². The van der Waals surface area contributed by atoms with Gasteiger partial charge in [-0.3, -0.25) is 0 Å². The average Bonchev–Trinajstić information content (AvgIpc) is 1.39. The van der Waals surface area contributed by atoms with E-state index in [9.17, 15) is 0 Å². The second-order valence-corrected chi connectivity index (χ2v) is 5.22. The summed E-state index contributed by atoms with van der Waals surface area (Å²) in [5.41, 5.74) is 0. The summed E-state index contributed by atoms with van der Waals surface area (Å²) in [6, 6.07) is 0. The van der Waals surface area contributed by atoms with Gasteiger partial charge in [-0.2, -0.15) is 0 Å². The molecule has 35 valence electrons. The molecule has 0 amide bonds. The Balaban J connectivity index is 0. The van der Waals surface area contributed by atoms with E-state index in [0.717, 1.165) is 6.42 Å². The van der Waals surface area contributed by atoms with Crippen molar-refractivity contribution in [3.05, 3.63) is 6.92 Å². The van der Waals surface area contributed by atoms with Crippen molar-refractivity contribution in [2.45, 2.75) is 13.3 Å². The summed E-state index contributed by atoms with van der Waals surface area (Å²) in [6.07, 6.45) is 1.00. The molecule has 0 spiro atoms. The van der Waals surface area contributed by atoms with Crippen molar-refractivity contribution in [2.24, 2.45) is 0 Å². The molecular formula is C3H7Cl2Zn. The van der Waals surface area contributed by atoms with Gasteiger partial charge in [0.25, 0.3) is 0 Å². The summed E-state index contributed by atoms with van der Waals surface area (Å²) in [5, 5.41) is 0. The van der Waals surface area contributed by atoms with Gasteiger partial charge in [-0.15, -0.1) is 0 Å². The fraction of sp³-hybridized carbons (Fsp3) is 0.667. The molecule has 0 aromatic carbocycles. The Kier molecular flexibility index (Phi) is 27.9. The second kappa shape index (κ2) is 16.4. The van der Waals surface area contributed by atoms with Crippen LogP contribution in [-0.2, 0) is 15.1 Å². The summed E-state index contributed by atoms with van der Waals surface area (Å²) >= 11 is -0.931. The van der Waals surface area contributed by atoms with Gasteiger partial charge in [0, 0.05) is 0 Å². The van der Waals surface area contributed by atoms with E-state index in [0.29, 0.717) is 0 Å². The van der Waals surface area contributed by atoms with Crippen molar-refractivity contribution >= 4 is 19.4 Å². The first kappa shape index (κ1) is 10.2. The topological polar surface area (TPSA) is 0 Å². The van der Waals surface area contributed by atoms with Crippen LogP contribution >= 0.6 is 19.4 Å². The van der Waals surface area contributed by atoms with Crippen LogP contribution in [0.15, 0.2) is 0 Å². The van der Waals surface area contributed by atoms with Crippen LogP contribution in [-0.4, -0.2) is 0 Å². The molecule has 0 nitrogen and oxygen atoms in total. The Bertz CT molecular complexity index is 10.8. The molecule has 6 heavy (non-hydrogen) atoms. The molecular weight excluding hydrogens is 172 g/mol. The molecule has 0 aromatic rings. The van der Waals surface area contributed by atoms with Crippen molar-refractivity contribution in [1.82, 2.24) is 0 Å². The Morgan fingerprint density at radius 3 is 1.67 bits per heavy atom. The standard InChI is InChI=1S/C3H7.2ClH.Zn/c1-3-2;;;/h1,3H2,2H3;2*1H;/q;;;+2/p-2. The first-order valence-corrected chi connectivity index (χ1v) is 9.54. The van der Waals surface area contributed by atoms with Gasteiger partial charge in [0.05, 0.1) is 0 Å². The van der Waals surface area contributed by atoms with Crippen LogP contribution in [0.1, 0.15) is 13.3 Å². The zero-order chi connectivity index (χ0) is 5.41. The number of rotatable bonds is 0.